The number of hydrogen-bond donors (Lipinski definition) is 0. The molecule has 0 saturated heterocycles. The van der Waals surface area contributed by atoms with E-state index in [1.54, 1.807) is 24.3 Å². The van der Waals surface area contributed by atoms with Crippen molar-refractivity contribution in [2.45, 2.75) is 6.61 Å². The molecule has 0 aromatic heterocycles. The fourth-order valence-electron chi connectivity index (χ4n) is 3.05. The number of nitrogens with zero attached hydrogens (tertiary/aromatic N) is 2. The van der Waals surface area contributed by atoms with Gasteiger partial charge in [-0.25, -0.2) is 0 Å². The van der Waals surface area contributed by atoms with E-state index in [1.807, 2.05) is 36.4 Å². The number of fused-ring (bicyclic) bond motifs is 2. The number of carbonyl (C=O) groups excluding carboxylic acids is 1. The Hall–Kier alpha value is -3.80. The summed E-state index contributed by atoms with van der Waals surface area (Å²) in [5, 5.41) is 15.0. The summed E-state index contributed by atoms with van der Waals surface area (Å²) in [5.74, 6) is -0.0319. The second-order valence-electron chi connectivity index (χ2n) is 6.06. The highest BCUT2D eigenvalue weighted by Gasteiger charge is 2.27. The van der Waals surface area contributed by atoms with Crippen LogP contribution in [0.5, 0.6) is 0 Å². The van der Waals surface area contributed by atoms with Crippen LogP contribution in [0.15, 0.2) is 78.0 Å². The lowest BCUT2D eigenvalue weighted by molar-refractivity contribution is -0.384. The van der Waals surface area contributed by atoms with E-state index < -0.39 is 4.92 Å². The highest BCUT2D eigenvalue weighted by Crippen LogP contribution is 2.27. The summed E-state index contributed by atoms with van der Waals surface area (Å²) in [6.45, 7) is 0.166. The molecule has 0 amide bonds. The van der Waals surface area contributed by atoms with Crippen molar-refractivity contribution in [3.63, 3.8) is 0 Å². The lowest BCUT2D eigenvalue weighted by Gasteiger charge is -2.19. The Kier molecular flexibility index (Phi) is 4.22. The maximum atomic E-state index is 12.7. The van der Waals surface area contributed by atoms with Crippen LogP contribution in [0.4, 0.5) is 5.69 Å². The van der Waals surface area contributed by atoms with Crippen LogP contribution >= 0.6 is 0 Å². The lowest BCUT2D eigenvalue weighted by atomic mass is 9.84. The number of benzene rings is 3. The van der Waals surface area contributed by atoms with Crippen LogP contribution in [0, 0.1) is 10.1 Å². The molecule has 0 saturated carbocycles. The van der Waals surface area contributed by atoms with Crippen molar-refractivity contribution in [2.24, 2.45) is 5.16 Å². The zero-order valence-electron chi connectivity index (χ0n) is 14.2. The summed E-state index contributed by atoms with van der Waals surface area (Å²) in [7, 11) is 0. The van der Waals surface area contributed by atoms with Gasteiger partial charge in [0.1, 0.15) is 12.3 Å². The molecule has 1 aliphatic carbocycles. The van der Waals surface area contributed by atoms with Crippen LogP contribution in [-0.4, -0.2) is 16.4 Å². The zero-order valence-corrected chi connectivity index (χ0v) is 14.2. The molecular formula is C21H14N2O4. The van der Waals surface area contributed by atoms with Gasteiger partial charge in [0.2, 0.25) is 0 Å². The van der Waals surface area contributed by atoms with Gasteiger partial charge in [0.05, 0.1) is 4.92 Å². The summed E-state index contributed by atoms with van der Waals surface area (Å²) in [5.41, 5.74) is 4.03. The maximum absolute atomic E-state index is 12.7. The Morgan fingerprint density at radius 3 is 1.85 bits per heavy atom. The second-order valence-corrected chi connectivity index (χ2v) is 6.06. The molecule has 3 aromatic rings. The molecule has 3 aromatic carbocycles. The van der Waals surface area contributed by atoms with Gasteiger partial charge in [-0.1, -0.05) is 53.7 Å². The predicted molar refractivity (Wildman–Crippen MR) is 99.8 cm³/mol. The van der Waals surface area contributed by atoms with Crippen LogP contribution in [0.2, 0.25) is 0 Å². The standard InChI is InChI=1S/C21H14N2O4/c24-21-18-7-3-1-5-16(18)20(17-6-2-4-8-19(17)21)22-27-13-14-9-11-15(12-10-14)23(25)26/h1-12H,13H2. The van der Waals surface area contributed by atoms with E-state index in [-0.39, 0.29) is 18.1 Å². The van der Waals surface area contributed by atoms with Gasteiger partial charge < -0.3 is 4.84 Å². The van der Waals surface area contributed by atoms with E-state index in [2.05, 4.69) is 5.16 Å². The smallest absolute Gasteiger partial charge is 0.269 e. The van der Waals surface area contributed by atoms with Crippen LogP contribution in [0.25, 0.3) is 0 Å². The average Bonchev–Trinajstić information content (AvgIpc) is 2.71. The topological polar surface area (TPSA) is 81.8 Å². The highest BCUT2D eigenvalue weighted by molar-refractivity contribution is 6.29. The number of non-ortho nitro benzene ring substituents is 1. The molecule has 4 rings (SSSR count). The molecule has 0 aliphatic heterocycles. The van der Waals surface area contributed by atoms with Gasteiger partial charge in [-0.2, -0.15) is 0 Å². The summed E-state index contributed by atoms with van der Waals surface area (Å²) in [6, 6.07) is 20.7. The largest absolute Gasteiger partial charge is 0.390 e. The quantitative estimate of drug-likeness (QED) is 0.406. The van der Waals surface area contributed by atoms with Crippen LogP contribution in [0.3, 0.4) is 0 Å². The van der Waals surface area contributed by atoms with Crippen molar-refractivity contribution < 1.29 is 14.6 Å². The first-order valence-electron chi connectivity index (χ1n) is 8.32. The monoisotopic (exact) mass is 358 g/mol. The van der Waals surface area contributed by atoms with Gasteiger partial charge in [-0.15, -0.1) is 0 Å². The number of rotatable bonds is 4. The van der Waals surface area contributed by atoms with Crippen molar-refractivity contribution in [1.29, 1.82) is 0 Å². The molecule has 0 unspecified atom stereocenters. The average molecular weight is 358 g/mol. The van der Waals surface area contributed by atoms with E-state index >= 15 is 0 Å². The summed E-state index contributed by atoms with van der Waals surface area (Å²) < 4.78 is 0. The summed E-state index contributed by atoms with van der Waals surface area (Å²) in [4.78, 5) is 28.5. The number of nitro groups is 1. The predicted octanol–water partition coefficient (Wildman–Crippen LogP) is 4.11. The molecular weight excluding hydrogens is 344 g/mol. The van der Waals surface area contributed by atoms with Crippen molar-refractivity contribution in [3.05, 3.63) is 111 Å². The van der Waals surface area contributed by atoms with Crippen LogP contribution < -0.4 is 0 Å². The van der Waals surface area contributed by atoms with Gasteiger partial charge >= 0.3 is 0 Å². The molecule has 0 heterocycles. The first kappa shape index (κ1) is 16.7. The fourth-order valence-corrected chi connectivity index (χ4v) is 3.05. The summed E-state index contributed by atoms with van der Waals surface area (Å²) in [6.07, 6.45) is 0. The Bertz CT molecular complexity index is 1020. The Balaban J connectivity index is 1.64. The SMILES string of the molecule is O=C1c2ccccc2C(=NOCc2ccc([N+](=O)[O-])cc2)c2ccccc21. The van der Waals surface area contributed by atoms with E-state index in [1.165, 1.54) is 12.1 Å². The molecule has 0 N–H and O–H groups in total. The molecule has 132 valence electrons. The second kappa shape index (κ2) is 6.84. The Labute approximate surface area is 154 Å². The van der Waals surface area contributed by atoms with Gasteiger partial charge in [-0.05, 0) is 17.7 Å². The third-order valence-corrected chi connectivity index (χ3v) is 4.39. The minimum Gasteiger partial charge on any atom is -0.390 e. The van der Waals surface area contributed by atoms with Crippen molar-refractivity contribution >= 4 is 17.2 Å². The molecule has 0 bridgehead atoms. The number of ketones is 1. The van der Waals surface area contributed by atoms with Crippen molar-refractivity contribution in [3.8, 4) is 0 Å². The molecule has 0 radical (unpaired) electrons. The Morgan fingerprint density at radius 1 is 0.815 bits per heavy atom. The minimum absolute atomic E-state index is 0.0266. The number of carbonyl (C=O) groups is 1. The van der Waals surface area contributed by atoms with Gasteiger partial charge in [-0.3, -0.25) is 14.9 Å². The van der Waals surface area contributed by atoms with E-state index in [0.29, 0.717) is 16.8 Å². The van der Waals surface area contributed by atoms with Gasteiger partial charge in [0.15, 0.2) is 5.78 Å². The van der Waals surface area contributed by atoms with Crippen molar-refractivity contribution in [2.75, 3.05) is 0 Å². The maximum Gasteiger partial charge on any atom is 0.269 e. The molecule has 27 heavy (non-hydrogen) atoms. The molecule has 0 fully saturated rings. The van der Waals surface area contributed by atoms with Crippen molar-refractivity contribution in [1.82, 2.24) is 0 Å². The molecule has 6 heteroatoms. The van der Waals surface area contributed by atoms with E-state index in [4.69, 9.17) is 4.84 Å². The third-order valence-electron chi connectivity index (χ3n) is 4.39. The first-order chi connectivity index (χ1) is 13.1. The molecule has 0 spiro atoms. The van der Waals surface area contributed by atoms with Crippen LogP contribution in [0.1, 0.15) is 32.6 Å². The van der Waals surface area contributed by atoms with E-state index in [9.17, 15) is 14.9 Å². The molecule has 0 atom stereocenters. The number of nitro benzene ring substituents is 1. The summed E-state index contributed by atoms with van der Waals surface area (Å²) >= 11 is 0. The third kappa shape index (κ3) is 3.08. The first-order valence-corrected chi connectivity index (χ1v) is 8.32. The lowest BCUT2D eigenvalue weighted by Crippen LogP contribution is -2.21. The van der Waals surface area contributed by atoms with Gasteiger partial charge in [0.25, 0.3) is 5.69 Å². The zero-order chi connectivity index (χ0) is 18.8. The fraction of sp³-hybridized carbons (Fsp3) is 0.0476. The molecule has 1 aliphatic rings. The molecule has 6 nitrogen and oxygen atoms in total. The van der Waals surface area contributed by atoms with E-state index in [0.717, 1.165) is 16.7 Å². The number of hydrogen-bond acceptors (Lipinski definition) is 5. The minimum atomic E-state index is -0.447. The van der Waals surface area contributed by atoms with Gasteiger partial charge in [0, 0.05) is 34.4 Å². The number of oxime groups is 1. The highest BCUT2D eigenvalue weighted by atomic mass is 16.6. The Morgan fingerprint density at radius 2 is 1.33 bits per heavy atom. The normalized spacial score (nSPS) is 12.1. The van der Waals surface area contributed by atoms with Crippen LogP contribution in [-0.2, 0) is 11.4 Å².